The van der Waals surface area contributed by atoms with Crippen molar-refractivity contribution in [3.8, 4) is 0 Å². The van der Waals surface area contributed by atoms with Crippen LogP contribution in [0.2, 0.25) is 0 Å². The first-order chi connectivity index (χ1) is 9.67. The highest BCUT2D eigenvalue weighted by atomic mass is 16.6. The molecule has 0 aliphatic heterocycles. The standard InChI is InChI=1S/C14H21N5O2/c1-9-7-11(18(6)16-9)8-19-10(2)12(15-17-19)13(20)21-14(3,4)5/h7H,8H2,1-6H3. The number of rotatable bonds is 3. The molecule has 0 saturated carbocycles. The van der Waals surface area contributed by atoms with Gasteiger partial charge in [-0.15, -0.1) is 5.10 Å². The van der Waals surface area contributed by atoms with Gasteiger partial charge in [0.15, 0.2) is 5.69 Å². The molecule has 7 nitrogen and oxygen atoms in total. The highest BCUT2D eigenvalue weighted by molar-refractivity contribution is 5.88. The monoisotopic (exact) mass is 291 g/mol. The third-order valence-electron chi connectivity index (χ3n) is 2.99. The number of aryl methyl sites for hydroxylation is 2. The number of ether oxygens (including phenoxy) is 1. The number of aromatic nitrogens is 5. The van der Waals surface area contributed by atoms with Gasteiger partial charge < -0.3 is 4.74 Å². The summed E-state index contributed by atoms with van der Waals surface area (Å²) >= 11 is 0. The Hall–Kier alpha value is -2.18. The molecule has 0 atom stereocenters. The summed E-state index contributed by atoms with van der Waals surface area (Å²) in [5, 5.41) is 12.3. The van der Waals surface area contributed by atoms with Crippen LogP contribution in [0.25, 0.3) is 0 Å². The summed E-state index contributed by atoms with van der Waals surface area (Å²) in [6.07, 6.45) is 0. The molecule has 7 heteroatoms. The average molecular weight is 291 g/mol. The molecule has 114 valence electrons. The van der Waals surface area contributed by atoms with Crippen molar-refractivity contribution in [1.82, 2.24) is 24.8 Å². The van der Waals surface area contributed by atoms with Crippen LogP contribution in [0.3, 0.4) is 0 Å². The Bertz CT molecular complexity index is 663. The molecule has 2 aromatic heterocycles. The van der Waals surface area contributed by atoms with E-state index in [1.807, 2.05) is 47.7 Å². The molecule has 2 rings (SSSR count). The van der Waals surface area contributed by atoms with Gasteiger partial charge in [-0.2, -0.15) is 5.10 Å². The second-order valence-electron chi connectivity index (χ2n) is 6.08. The van der Waals surface area contributed by atoms with Crippen LogP contribution in [0.5, 0.6) is 0 Å². The largest absolute Gasteiger partial charge is 0.455 e. The molecule has 0 aliphatic carbocycles. The highest BCUT2D eigenvalue weighted by Gasteiger charge is 2.23. The highest BCUT2D eigenvalue weighted by Crippen LogP contribution is 2.14. The van der Waals surface area contributed by atoms with Crippen LogP contribution in [0, 0.1) is 13.8 Å². The molecule has 0 spiro atoms. The van der Waals surface area contributed by atoms with Crippen molar-refractivity contribution in [2.24, 2.45) is 7.05 Å². The van der Waals surface area contributed by atoms with Crippen LogP contribution >= 0.6 is 0 Å². The Kier molecular flexibility index (Phi) is 3.85. The minimum atomic E-state index is -0.549. The zero-order valence-corrected chi connectivity index (χ0v) is 13.3. The fourth-order valence-electron chi connectivity index (χ4n) is 1.99. The van der Waals surface area contributed by atoms with Gasteiger partial charge in [0.05, 0.1) is 23.6 Å². The summed E-state index contributed by atoms with van der Waals surface area (Å²) in [7, 11) is 1.88. The van der Waals surface area contributed by atoms with E-state index in [0.29, 0.717) is 12.2 Å². The number of nitrogens with zero attached hydrogens (tertiary/aromatic N) is 5. The van der Waals surface area contributed by atoms with E-state index in [0.717, 1.165) is 11.4 Å². The van der Waals surface area contributed by atoms with Crippen LogP contribution < -0.4 is 0 Å². The van der Waals surface area contributed by atoms with Crippen molar-refractivity contribution >= 4 is 5.97 Å². The molecule has 21 heavy (non-hydrogen) atoms. The first kappa shape index (κ1) is 15.2. The minimum Gasteiger partial charge on any atom is -0.455 e. The molecule has 2 aromatic rings. The Labute approximate surface area is 123 Å². The molecule has 0 amide bonds. The summed E-state index contributed by atoms with van der Waals surface area (Å²) in [6, 6.07) is 1.98. The normalized spacial score (nSPS) is 11.7. The zero-order chi connectivity index (χ0) is 15.8. The molecular formula is C14H21N5O2. The summed E-state index contributed by atoms with van der Waals surface area (Å²) < 4.78 is 8.80. The van der Waals surface area contributed by atoms with Crippen molar-refractivity contribution in [1.29, 1.82) is 0 Å². The van der Waals surface area contributed by atoms with Crippen molar-refractivity contribution < 1.29 is 9.53 Å². The fraction of sp³-hybridized carbons (Fsp3) is 0.571. The van der Waals surface area contributed by atoms with E-state index in [1.165, 1.54) is 0 Å². The Balaban J connectivity index is 2.21. The van der Waals surface area contributed by atoms with Gasteiger partial charge in [-0.3, -0.25) is 4.68 Å². The van der Waals surface area contributed by atoms with Gasteiger partial charge >= 0.3 is 5.97 Å². The molecule has 0 saturated heterocycles. The summed E-state index contributed by atoms with van der Waals surface area (Å²) in [5.41, 5.74) is 2.33. The van der Waals surface area contributed by atoms with E-state index < -0.39 is 11.6 Å². The van der Waals surface area contributed by atoms with E-state index in [2.05, 4.69) is 15.4 Å². The molecule has 0 fully saturated rings. The maximum Gasteiger partial charge on any atom is 0.361 e. The summed E-state index contributed by atoms with van der Waals surface area (Å²) in [5.74, 6) is -0.451. The average Bonchev–Trinajstić information content (AvgIpc) is 2.82. The molecule has 0 bridgehead atoms. The first-order valence-corrected chi connectivity index (χ1v) is 6.80. The Morgan fingerprint density at radius 2 is 2.00 bits per heavy atom. The lowest BCUT2D eigenvalue weighted by Crippen LogP contribution is -2.24. The van der Waals surface area contributed by atoms with Crippen LogP contribution in [0.4, 0.5) is 0 Å². The predicted molar refractivity (Wildman–Crippen MR) is 77.0 cm³/mol. The molecule has 0 aromatic carbocycles. The lowest BCUT2D eigenvalue weighted by Gasteiger charge is -2.18. The molecule has 0 unspecified atom stereocenters. The second kappa shape index (κ2) is 5.31. The van der Waals surface area contributed by atoms with Crippen molar-refractivity contribution in [3.63, 3.8) is 0 Å². The quantitative estimate of drug-likeness (QED) is 0.803. The second-order valence-corrected chi connectivity index (χ2v) is 6.08. The van der Waals surface area contributed by atoms with Gasteiger partial charge in [0.1, 0.15) is 5.60 Å². The molecular weight excluding hydrogens is 270 g/mol. The molecule has 0 aliphatic rings. The topological polar surface area (TPSA) is 74.8 Å². The first-order valence-electron chi connectivity index (χ1n) is 6.80. The number of hydrogen-bond donors (Lipinski definition) is 0. The Morgan fingerprint density at radius 1 is 1.33 bits per heavy atom. The van der Waals surface area contributed by atoms with Crippen LogP contribution in [-0.4, -0.2) is 36.3 Å². The molecule has 0 N–H and O–H groups in total. The number of carbonyl (C=O) groups excluding carboxylic acids is 1. The Morgan fingerprint density at radius 3 is 2.52 bits per heavy atom. The maximum absolute atomic E-state index is 12.1. The van der Waals surface area contributed by atoms with Gasteiger partial charge in [0.25, 0.3) is 0 Å². The summed E-state index contributed by atoms with van der Waals surface area (Å²) in [6.45, 7) is 9.72. The van der Waals surface area contributed by atoms with Crippen molar-refractivity contribution in [2.75, 3.05) is 0 Å². The van der Waals surface area contributed by atoms with E-state index in [1.54, 1.807) is 9.36 Å². The third kappa shape index (κ3) is 3.48. The number of esters is 1. The lowest BCUT2D eigenvalue weighted by molar-refractivity contribution is 0.00619. The number of carbonyl (C=O) groups is 1. The lowest BCUT2D eigenvalue weighted by atomic mass is 10.2. The van der Waals surface area contributed by atoms with Crippen LogP contribution in [0.15, 0.2) is 6.07 Å². The van der Waals surface area contributed by atoms with Gasteiger partial charge in [-0.1, -0.05) is 5.21 Å². The number of hydrogen-bond acceptors (Lipinski definition) is 5. The zero-order valence-electron chi connectivity index (χ0n) is 13.3. The smallest absolute Gasteiger partial charge is 0.361 e. The van der Waals surface area contributed by atoms with Gasteiger partial charge in [0.2, 0.25) is 0 Å². The maximum atomic E-state index is 12.1. The van der Waals surface area contributed by atoms with Crippen molar-refractivity contribution in [2.45, 2.75) is 46.8 Å². The molecule has 2 heterocycles. The van der Waals surface area contributed by atoms with Crippen LogP contribution in [-0.2, 0) is 18.3 Å². The third-order valence-corrected chi connectivity index (χ3v) is 2.99. The van der Waals surface area contributed by atoms with E-state index in [4.69, 9.17) is 4.74 Å². The predicted octanol–water partition coefficient (Wildman–Crippen LogP) is 1.63. The SMILES string of the molecule is Cc1cc(Cn2nnc(C(=O)OC(C)(C)C)c2C)n(C)n1. The van der Waals surface area contributed by atoms with Crippen LogP contribution in [0.1, 0.15) is 48.3 Å². The molecule has 0 radical (unpaired) electrons. The van der Waals surface area contributed by atoms with E-state index in [9.17, 15) is 4.79 Å². The van der Waals surface area contributed by atoms with E-state index >= 15 is 0 Å². The van der Waals surface area contributed by atoms with Gasteiger partial charge in [0, 0.05) is 7.05 Å². The van der Waals surface area contributed by atoms with Crippen molar-refractivity contribution in [3.05, 3.63) is 28.8 Å². The summed E-state index contributed by atoms with van der Waals surface area (Å²) in [4.78, 5) is 12.1. The van der Waals surface area contributed by atoms with Gasteiger partial charge in [-0.05, 0) is 40.7 Å². The fourth-order valence-corrected chi connectivity index (χ4v) is 1.99. The van der Waals surface area contributed by atoms with Gasteiger partial charge in [-0.25, -0.2) is 9.48 Å². The van der Waals surface area contributed by atoms with E-state index in [-0.39, 0.29) is 5.69 Å². The minimum absolute atomic E-state index is 0.254.